The van der Waals surface area contributed by atoms with Crippen molar-refractivity contribution in [2.45, 2.75) is 33.3 Å². The van der Waals surface area contributed by atoms with Crippen molar-refractivity contribution >= 4 is 11.6 Å². The smallest absolute Gasteiger partial charge is 0.128 e. The van der Waals surface area contributed by atoms with Crippen molar-refractivity contribution < 1.29 is 9.84 Å². The molecule has 1 N–H and O–H groups in total. The Morgan fingerprint density at radius 3 is 2.62 bits per heavy atom. The molecule has 1 unspecified atom stereocenters. The second-order valence-electron chi connectivity index (χ2n) is 5.27. The molecule has 0 spiro atoms. The van der Waals surface area contributed by atoms with E-state index in [0.29, 0.717) is 11.4 Å². The molecule has 21 heavy (non-hydrogen) atoms. The lowest BCUT2D eigenvalue weighted by Gasteiger charge is -2.17. The number of hydrogen-bond donors (Lipinski definition) is 1. The van der Waals surface area contributed by atoms with Gasteiger partial charge in [-0.3, -0.25) is 4.98 Å². The summed E-state index contributed by atoms with van der Waals surface area (Å²) in [5, 5.41) is 11.1. The van der Waals surface area contributed by atoms with Gasteiger partial charge in [0.15, 0.2) is 0 Å². The number of aliphatic hydroxyl groups excluding tert-OH is 1. The zero-order chi connectivity index (χ0) is 15.6. The summed E-state index contributed by atoms with van der Waals surface area (Å²) >= 11 is 6.02. The van der Waals surface area contributed by atoms with Gasteiger partial charge in [0.25, 0.3) is 0 Å². The van der Waals surface area contributed by atoms with Gasteiger partial charge in [0.2, 0.25) is 0 Å². The molecule has 0 radical (unpaired) electrons. The van der Waals surface area contributed by atoms with Crippen LogP contribution in [0.3, 0.4) is 0 Å². The molecule has 0 saturated heterocycles. The molecule has 3 nitrogen and oxygen atoms in total. The van der Waals surface area contributed by atoms with E-state index in [1.54, 1.807) is 13.3 Å². The summed E-state index contributed by atoms with van der Waals surface area (Å²) in [6.45, 7) is 5.89. The van der Waals surface area contributed by atoms with Crippen molar-refractivity contribution in [1.29, 1.82) is 0 Å². The molecular weight excluding hydrogens is 286 g/mol. The van der Waals surface area contributed by atoms with Gasteiger partial charge < -0.3 is 9.84 Å². The zero-order valence-electron chi connectivity index (χ0n) is 12.8. The minimum Gasteiger partial charge on any atom is -0.496 e. The number of benzene rings is 1. The van der Waals surface area contributed by atoms with Gasteiger partial charge in [0.1, 0.15) is 5.75 Å². The van der Waals surface area contributed by atoms with Crippen LogP contribution in [0.25, 0.3) is 0 Å². The summed E-state index contributed by atoms with van der Waals surface area (Å²) in [4.78, 5) is 4.43. The predicted molar refractivity (Wildman–Crippen MR) is 85.1 cm³/mol. The molecule has 4 heteroatoms. The Balaban J connectivity index is 2.32. The highest BCUT2D eigenvalue weighted by Crippen LogP contribution is 2.29. The molecule has 0 amide bonds. The van der Waals surface area contributed by atoms with Gasteiger partial charge >= 0.3 is 0 Å². The van der Waals surface area contributed by atoms with Gasteiger partial charge in [-0.05, 0) is 44.0 Å². The summed E-state index contributed by atoms with van der Waals surface area (Å²) < 4.78 is 5.40. The summed E-state index contributed by atoms with van der Waals surface area (Å²) in [5.74, 6) is 0.829. The average Bonchev–Trinajstić information content (AvgIpc) is 2.45. The van der Waals surface area contributed by atoms with Gasteiger partial charge in [-0.25, -0.2) is 0 Å². The third-order valence-corrected chi connectivity index (χ3v) is 3.97. The van der Waals surface area contributed by atoms with Gasteiger partial charge in [0.05, 0.1) is 13.2 Å². The van der Waals surface area contributed by atoms with Crippen LogP contribution in [0.5, 0.6) is 5.75 Å². The van der Waals surface area contributed by atoms with Crippen LogP contribution in [-0.4, -0.2) is 17.2 Å². The zero-order valence-corrected chi connectivity index (χ0v) is 13.5. The Hall–Kier alpha value is -1.58. The van der Waals surface area contributed by atoms with Crippen molar-refractivity contribution in [3.8, 4) is 5.75 Å². The molecule has 0 aliphatic carbocycles. The minimum absolute atomic E-state index is 0.434. The van der Waals surface area contributed by atoms with E-state index < -0.39 is 6.10 Å². The fraction of sp³-hybridized carbons (Fsp3) is 0.353. The fourth-order valence-electron chi connectivity index (χ4n) is 2.54. The fourth-order valence-corrected chi connectivity index (χ4v) is 2.72. The number of aryl methyl sites for hydroxylation is 2. The predicted octanol–water partition coefficient (Wildman–Crippen LogP) is 3.94. The van der Waals surface area contributed by atoms with Crippen LogP contribution >= 0.6 is 11.6 Å². The molecule has 0 aliphatic heterocycles. The monoisotopic (exact) mass is 305 g/mol. The number of rotatable bonds is 4. The summed E-state index contributed by atoms with van der Waals surface area (Å²) in [7, 11) is 1.65. The van der Waals surface area contributed by atoms with Crippen LogP contribution in [-0.2, 0) is 6.42 Å². The van der Waals surface area contributed by atoms with Crippen LogP contribution in [0.1, 0.15) is 34.1 Å². The Morgan fingerprint density at radius 2 is 1.95 bits per heavy atom. The number of nitrogens with zero attached hydrogens (tertiary/aromatic N) is 1. The van der Waals surface area contributed by atoms with Crippen molar-refractivity contribution in [3.63, 3.8) is 0 Å². The number of halogens is 1. The molecule has 1 atom stereocenters. The van der Waals surface area contributed by atoms with Crippen molar-refractivity contribution in [3.05, 3.63) is 57.4 Å². The lowest BCUT2D eigenvalue weighted by atomic mass is 9.97. The standard InChI is InChI=1S/C17H20ClNO2/c1-10-5-6-13(18)7-14(10)16(20)8-15-12(3)17(21-4)11(2)9-19-15/h5-7,9,16,20H,8H2,1-4H3. The van der Waals surface area contributed by atoms with Crippen LogP contribution in [0.4, 0.5) is 0 Å². The first kappa shape index (κ1) is 15.8. The second-order valence-corrected chi connectivity index (χ2v) is 5.70. The highest BCUT2D eigenvalue weighted by molar-refractivity contribution is 6.30. The molecule has 1 aromatic carbocycles. The molecule has 1 heterocycles. The number of pyridine rings is 1. The minimum atomic E-state index is -0.637. The Bertz CT molecular complexity index is 655. The first-order chi connectivity index (χ1) is 9.93. The Kier molecular flexibility index (Phi) is 4.86. The lowest BCUT2D eigenvalue weighted by molar-refractivity contribution is 0.176. The second kappa shape index (κ2) is 6.46. The molecule has 0 fully saturated rings. The van der Waals surface area contributed by atoms with E-state index in [4.69, 9.17) is 16.3 Å². The number of aromatic nitrogens is 1. The first-order valence-corrected chi connectivity index (χ1v) is 7.25. The summed E-state index contributed by atoms with van der Waals surface area (Å²) in [6.07, 6.45) is 1.57. The van der Waals surface area contributed by atoms with Gasteiger partial charge in [-0.15, -0.1) is 0 Å². The maximum Gasteiger partial charge on any atom is 0.128 e. The number of hydrogen-bond acceptors (Lipinski definition) is 3. The highest BCUT2D eigenvalue weighted by atomic mass is 35.5. The van der Waals surface area contributed by atoms with Gasteiger partial charge in [-0.2, -0.15) is 0 Å². The van der Waals surface area contributed by atoms with Crippen LogP contribution < -0.4 is 4.74 Å². The lowest BCUT2D eigenvalue weighted by Crippen LogP contribution is -2.08. The Labute approximate surface area is 130 Å². The first-order valence-electron chi connectivity index (χ1n) is 6.87. The summed E-state index contributed by atoms with van der Waals surface area (Å²) in [5.41, 5.74) is 4.65. The van der Waals surface area contributed by atoms with Crippen LogP contribution in [0.2, 0.25) is 5.02 Å². The quantitative estimate of drug-likeness (QED) is 0.930. The number of aliphatic hydroxyl groups is 1. The van der Waals surface area contributed by atoms with Crippen LogP contribution in [0, 0.1) is 20.8 Å². The van der Waals surface area contributed by atoms with Crippen molar-refractivity contribution in [1.82, 2.24) is 4.98 Å². The topological polar surface area (TPSA) is 42.4 Å². The largest absolute Gasteiger partial charge is 0.496 e. The van der Waals surface area contributed by atoms with E-state index in [2.05, 4.69) is 4.98 Å². The van der Waals surface area contributed by atoms with Crippen molar-refractivity contribution in [2.75, 3.05) is 7.11 Å². The number of methoxy groups -OCH3 is 1. The summed E-state index contributed by atoms with van der Waals surface area (Å²) in [6, 6.07) is 5.55. The molecule has 0 bridgehead atoms. The van der Waals surface area contributed by atoms with Gasteiger partial charge in [-0.1, -0.05) is 17.7 Å². The van der Waals surface area contributed by atoms with E-state index in [1.165, 1.54) is 0 Å². The maximum atomic E-state index is 10.5. The molecular formula is C17H20ClNO2. The maximum absolute atomic E-state index is 10.5. The van der Waals surface area contributed by atoms with E-state index in [-0.39, 0.29) is 0 Å². The highest BCUT2D eigenvalue weighted by Gasteiger charge is 2.16. The SMILES string of the molecule is COc1c(C)cnc(CC(O)c2cc(Cl)ccc2C)c1C. The molecule has 0 saturated carbocycles. The molecule has 1 aromatic heterocycles. The van der Waals surface area contributed by atoms with Crippen molar-refractivity contribution in [2.24, 2.45) is 0 Å². The third-order valence-electron chi connectivity index (χ3n) is 3.74. The molecule has 112 valence electrons. The normalized spacial score (nSPS) is 12.3. The average molecular weight is 306 g/mol. The third kappa shape index (κ3) is 3.36. The van der Waals surface area contributed by atoms with E-state index >= 15 is 0 Å². The number of ether oxygens (including phenoxy) is 1. The van der Waals surface area contributed by atoms with Crippen LogP contribution in [0.15, 0.2) is 24.4 Å². The molecule has 2 rings (SSSR count). The van der Waals surface area contributed by atoms with Gasteiger partial charge in [0, 0.05) is 34.5 Å². The molecule has 0 aliphatic rings. The van der Waals surface area contributed by atoms with E-state index in [1.807, 2.05) is 39.0 Å². The Morgan fingerprint density at radius 1 is 1.24 bits per heavy atom. The van der Waals surface area contributed by atoms with E-state index in [0.717, 1.165) is 33.7 Å². The molecule has 2 aromatic rings. The van der Waals surface area contributed by atoms with E-state index in [9.17, 15) is 5.11 Å².